The van der Waals surface area contributed by atoms with E-state index in [1.54, 1.807) is 24.3 Å². The zero-order valence-electron chi connectivity index (χ0n) is 16.5. The Balaban J connectivity index is 1.71. The molecule has 2 aromatic rings. The number of ether oxygens (including phenoxy) is 1. The first-order valence-corrected chi connectivity index (χ1v) is 10.9. The molecule has 0 radical (unpaired) electrons. The second-order valence-corrected chi connectivity index (χ2v) is 9.31. The summed E-state index contributed by atoms with van der Waals surface area (Å²) in [5, 5.41) is 9.85. The highest BCUT2D eigenvalue weighted by molar-refractivity contribution is 7.90. The maximum absolute atomic E-state index is 12.3. The molecule has 0 aliphatic rings. The summed E-state index contributed by atoms with van der Waals surface area (Å²) in [7, 11) is -3.66. The van der Waals surface area contributed by atoms with Gasteiger partial charge in [0.1, 0.15) is 5.60 Å². The van der Waals surface area contributed by atoms with E-state index in [1.165, 1.54) is 0 Å². The summed E-state index contributed by atoms with van der Waals surface area (Å²) in [5.74, 6) is 0.123. The Bertz CT molecular complexity index is 857. The maximum atomic E-state index is 12.3. The second kappa shape index (κ2) is 9.68. The average molecular weight is 410 g/mol. The van der Waals surface area contributed by atoms with Crippen molar-refractivity contribution in [2.45, 2.75) is 63.0 Å². The second-order valence-electron chi connectivity index (χ2n) is 7.45. The van der Waals surface area contributed by atoms with E-state index in [4.69, 9.17) is 9.15 Å². The standard InChI is InChI=1S/C19H27N3O5S/c1-19(2,3)27-17(23)20-13-9-5-8-12-16-21-22-18(26-16)28(24,25)14-15-10-6-4-7-11-15/h4,6-7,10-11H,5,8-9,12-14H2,1-3H3,(H,20,23). The van der Waals surface area contributed by atoms with Crippen molar-refractivity contribution < 1.29 is 22.4 Å². The van der Waals surface area contributed by atoms with E-state index >= 15 is 0 Å². The molecule has 2 rings (SSSR count). The number of unbranched alkanes of at least 4 members (excludes halogenated alkanes) is 2. The third-order valence-corrected chi connectivity index (χ3v) is 5.06. The van der Waals surface area contributed by atoms with Gasteiger partial charge in [-0.3, -0.25) is 0 Å². The molecule has 0 unspecified atom stereocenters. The molecule has 0 aliphatic heterocycles. The van der Waals surface area contributed by atoms with E-state index in [2.05, 4.69) is 15.5 Å². The molecule has 154 valence electrons. The lowest BCUT2D eigenvalue weighted by Gasteiger charge is -2.19. The molecule has 1 aromatic carbocycles. The van der Waals surface area contributed by atoms with Crippen LogP contribution in [0.25, 0.3) is 0 Å². The SMILES string of the molecule is CC(C)(C)OC(=O)NCCCCCc1nnc(S(=O)(=O)Cc2ccccc2)o1. The molecule has 1 aromatic heterocycles. The van der Waals surface area contributed by atoms with Crippen molar-refractivity contribution >= 4 is 15.9 Å². The molecule has 0 saturated heterocycles. The smallest absolute Gasteiger partial charge is 0.407 e. The van der Waals surface area contributed by atoms with Crippen LogP contribution in [0.3, 0.4) is 0 Å². The Morgan fingerprint density at radius 1 is 1.11 bits per heavy atom. The van der Waals surface area contributed by atoms with Gasteiger partial charge >= 0.3 is 11.3 Å². The van der Waals surface area contributed by atoms with Crippen molar-refractivity contribution in [1.29, 1.82) is 0 Å². The Hall–Kier alpha value is -2.42. The summed E-state index contributed by atoms with van der Waals surface area (Å²) in [5.41, 5.74) is 0.153. The molecule has 1 N–H and O–H groups in total. The Morgan fingerprint density at radius 2 is 1.82 bits per heavy atom. The number of aromatic nitrogens is 2. The number of hydrogen-bond acceptors (Lipinski definition) is 7. The summed E-state index contributed by atoms with van der Waals surface area (Å²) in [6.07, 6.45) is 2.39. The highest BCUT2D eigenvalue weighted by atomic mass is 32.2. The molecule has 0 atom stereocenters. The van der Waals surface area contributed by atoms with Crippen LogP contribution in [0.5, 0.6) is 0 Å². The van der Waals surface area contributed by atoms with E-state index in [0.29, 0.717) is 24.4 Å². The molecule has 8 nitrogen and oxygen atoms in total. The van der Waals surface area contributed by atoms with Crippen LogP contribution >= 0.6 is 0 Å². The molecule has 0 bridgehead atoms. The van der Waals surface area contributed by atoms with Crippen molar-refractivity contribution in [2.75, 3.05) is 6.54 Å². The molecular weight excluding hydrogens is 382 g/mol. The summed E-state index contributed by atoms with van der Waals surface area (Å²) < 4.78 is 35.2. The first-order chi connectivity index (χ1) is 13.2. The van der Waals surface area contributed by atoms with Gasteiger partial charge in [-0.1, -0.05) is 41.9 Å². The zero-order chi connectivity index (χ0) is 20.6. The fraction of sp³-hybridized carbons (Fsp3) is 0.526. The average Bonchev–Trinajstić information content (AvgIpc) is 3.07. The Labute approximate surface area is 165 Å². The number of nitrogens with zero attached hydrogens (tertiary/aromatic N) is 2. The van der Waals surface area contributed by atoms with Crippen LogP contribution in [-0.4, -0.2) is 36.9 Å². The summed E-state index contributed by atoms with van der Waals surface area (Å²) in [6.45, 7) is 5.94. The largest absolute Gasteiger partial charge is 0.444 e. The molecule has 0 fully saturated rings. The van der Waals surface area contributed by atoms with E-state index < -0.39 is 21.5 Å². The van der Waals surface area contributed by atoms with Crippen molar-refractivity contribution in [2.24, 2.45) is 0 Å². The fourth-order valence-electron chi connectivity index (χ4n) is 2.40. The highest BCUT2D eigenvalue weighted by Gasteiger charge is 2.22. The van der Waals surface area contributed by atoms with Gasteiger partial charge in [0.15, 0.2) is 0 Å². The van der Waals surface area contributed by atoms with Crippen molar-refractivity contribution in [3.63, 3.8) is 0 Å². The predicted octanol–water partition coefficient (Wildman–Crippen LogP) is 3.28. The van der Waals surface area contributed by atoms with Gasteiger partial charge in [-0.05, 0) is 39.2 Å². The number of rotatable bonds is 9. The quantitative estimate of drug-likeness (QED) is 0.633. The topological polar surface area (TPSA) is 111 Å². The molecule has 28 heavy (non-hydrogen) atoms. The van der Waals surface area contributed by atoms with Crippen LogP contribution in [-0.2, 0) is 26.7 Å². The van der Waals surface area contributed by atoms with Gasteiger partial charge in [0.25, 0.3) is 0 Å². The number of carbonyl (C=O) groups is 1. The highest BCUT2D eigenvalue weighted by Crippen LogP contribution is 2.16. The summed E-state index contributed by atoms with van der Waals surface area (Å²) >= 11 is 0. The van der Waals surface area contributed by atoms with Gasteiger partial charge in [0.2, 0.25) is 15.7 Å². The van der Waals surface area contributed by atoms with Gasteiger partial charge < -0.3 is 14.5 Å². The Morgan fingerprint density at radius 3 is 2.50 bits per heavy atom. The molecule has 9 heteroatoms. The van der Waals surface area contributed by atoms with Gasteiger partial charge in [-0.15, -0.1) is 5.10 Å². The third-order valence-electron chi connectivity index (χ3n) is 3.65. The number of aryl methyl sites for hydroxylation is 1. The van der Waals surface area contributed by atoms with E-state index in [0.717, 1.165) is 19.3 Å². The predicted molar refractivity (Wildman–Crippen MR) is 103 cm³/mol. The lowest BCUT2D eigenvalue weighted by molar-refractivity contribution is 0.0527. The van der Waals surface area contributed by atoms with Crippen LogP contribution in [0.4, 0.5) is 4.79 Å². The number of benzene rings is 1. The third kappa shape index (κ3) is 7.67. The van der Waals surface area contributed by atoms with Crippen molar-refractivity contribution in [3.05, 3.63) is 41.8 Å². The lowest BCUT2D eigenvalue weighted by Crippen LogP contribution is -2.32. The minimum absolute atomic E-state index is 0.175. The molecule has 1 heterocycles. The van der Waals surface area contributed by atoms with Gasteiger partial charge in [0.05, 0.1) is 5.75 Å². The van der Waals surface area contributed by atoms with E-state index in [-0.39, 0.29) is 11.0 Å². The number of hydrogen-bond donors (Lipinski definition) is 1. The lowest BCUT2D eigenvalue weighted by atomic mass is 10.2. The zero-order valence-corrected chi connectivity index (χ0v) is 17.3. The number of nitrogens with one attached hydrogen (secondary N) is 1. The molecule has 0 spiro atoms. The van der Waals surface area contributed by atoms with Crippen molar-refractivity contribution in [3.8, 4) is 0 Å². The van der Waals surface area contributed by atoms with Crippen LogP contribution in [0, 0.1) is 0 Å². The number of carbonyl (C=O) groups excluding carboxylic acids is 1. The van der Waals surface area contributed by atoms with Gasteiger partial charge in [0, 0.05) is 13.0 Å². The molecule has 0 aliphatic carbocycles. The number of amides is 1. The molecular formula is C19H27N3O5S. The van der Waals surface area contributed by atoms with E-state index in [9.17, 15) is 13.2 Å². The van der Waals surface area contributed by atoms with Crippen molar-refractivity contribution in [1.82, 2.24) is 15.5 Å². The first kappa shape index (κ1) is 21.9. The number of alkyl carbamates (subject to hydrolysis) is 1. The van der Waals surface area contributed by atoms with Crippen LogP contribution < -0.4 is 5.32 Å². The Kier molecular flexibility index (Phi) is 7.56. The van der Waals surface area contributed by atoms with Crippen LogP contribution in [0.1, 0.15) is 51.5 Å². The van der Waals surface area contributed by atoms with Crippen LogP contribution in [0.2, 0.25) is 0 Å². The molecule has 1 amide bonds. The molecule has 0 saturated carbocycles. The summed E-state index contributed by atoms with van der Waals surface area (Å²) in [6, 6.07) is 8.85. The fourth-order valence-corrected chi connectivity index (χ4v) is 3.55. The first-order valence-electron chi connectivity index (χ1n) is 9.22. The minimum atomic E-state index is -3.66. The van der Waals surface area contributed by atoms with Crippen LogP contribution in [0.15, 0.2) is 40.0 Å². The number of sulfone groups is 1. The van der Waals surface area contributed by atoms with Gasteiger partial charge in [-0.2, -0.15) is 0 Å². The monoisotopic (exact) mass is 409 g/mol. The normalized spacial score (nSPS) is 12.0. The minimum Gasteiger partial charge on any atom is -0.444 e. The van der Waals surface area contributed by atoms with Gasteiger partial charge in [-0.25, -0.2) is 13.2 Å². The summed E-state index contributed by atoms with van der Waals surface area (Å²) in [4.78, 5) is 11.5. The van der Waals surface area contributed by atoms with E-state index in [1.807, 2.05) is 26.8 Å². The maximum Gasteiger partial charge on any atom is 0.407 e.